The Morgan fingerprint density at radius 1 is 1.03 bits per heavy atom. The van der Waals surface area contributed by atoms with Gasteiger partial charge >= 0.3 is 0 Å². The van der Waals surface area contributed by atoms with Crippen molar-refractivity contribution in [1.29, 1.82) is 0 Å². The van der Waals surface area contributed by atoms with Gasteiger partial charge in [-0.1, -0.05) is 6.07 Å². The fourth-order valence-corrected chi connectivity index (χ4v) is 3.81. The van der Waals surface area contributed by atoms with E-state index in [1.54, 1.807) is 13.2 Å². The van der Waals surface area contributed by atoms with Crippen molar-refractivity contribution in [1.82, 2.24) is 0 Å². The maximum Gasteiger partial charge on any atom is 0.265 e. The zero-order valence-corrected chi connectivity index (χ0v) is 16.8. The van der Waals surface area contributed by atoms with E-state index in [0.717, 1.165) is 21.9 Å². The van der Waals surface area contributed by atoms with Gasteiger partial charge in [0.25, 0.3) is 5.91 Å². The van der Waals surface area contributed by atoms with Crippen molar-refractivity contribution >= 4 is 22.9 Å². The standard InChI is InChI=1S/C22H21NO5S/c1-25-9-10-26-17-4-2-3-16(14-17)23-22(24)21-8-7-20(29-21)15-5-6-18-19(13-15)28-12-11-27-18/h2-8,13-14H,9-12H2,1H3,(H,23,24). The molecule has 1 aliphatic heterocycles. The lowest BCUT2D eigenvalue weighted by molar-refractivity contribution is 0.103. The summed E-state index contributed by atoms with van der Waals surface area (Å²) in [6.45, 7) is 2.07. The zero-order valence-electron chi connectivity index (χ0n) is 16.0. The number of ether oxygens (including phenoxy) is 4. The molecule has 0 saturated heterocycles. The Balaban J connectivity index is 1.44. The van der Waals surface area contributed by atoms with E-state index in [1.165, 1.54) is 11.3 Å². The van der Waals surface area contributed by atoms with Crippen molar-refractivity contribution in [3.05, 3.63) is 59.5 Å². The fraction of sp³-hybridized carbons (Fsp3) is 0.227. The smallest absolute Gasteiger partial charge is 0.265 e. The molecule has 6 nitrogen and oxygen atoms in total. The molecule has 29 heavy (non-hydrogen) atoms. The van der Waals surface area contributed by atoms with Gasteiger partial charge < -0.3 is 24.3 Å². The summed E-state index contributed by atoms with van der Waals surface area (Å²) in [4.78, 5) is 14.3. The van der Waals surface area contributed by atoms with Crippen LogP contribution in [-0.4, -0.2) is 39.4 Å². The van der Waals surface area contributed by atoms with E-state index >= 15 is 0 Å². The lowest BCUT2D eigenvalue weighted by atomic mass is 10.1. The summed E-state index contributed by atoms with van der Waals surface area (Å²) in [5.74, 6) is 2.01. The molecule has 7 heteroatoms. The Morgan fingerprint density at radius 3 is 2.76 bits per heavy atom. The first-order valence-corrected chi connectivity index (χ1v) is 10.1. The minimum absolute atomic E-state index is 0.159. The second kappa shape index (κ2) is 8.98. The van der Waals surface area contributed by atoms with E-state index in [1.807, 2.05) is 48.5 Å². The average Bonchev–Trinajstić information content (AvgIpc) is 3.24. The van der Waals surface area contributed by atoms with Gasteiger partial charge in [-0.05, 0) is 48.0 Å². The molecule has 3 aromatic rings. The predicted octanol–water partition coefficient (Wildman–Crippen LogP) is 4.46. The molecule has 0 radical (unpaired) electrons. The second-order valence-electron chi connectivity index (χ2n) is 6.35. The molecule has 0 unspecified atom stereocenters. The van der Waals surface area contributed by atoms with Crippen molar-refractivity contribution < 1.29 is 23.7 Å². The molecular weight excluding hydrogens is 390 g/mol. The largest absolute Gasteiger partial charge is 0.491 e. The van der Waals surface area contributed by atoms with E-state index in [2.05, 4.69) is 5.32 Å². The van der Waals surface area contributed by atoms with Crippen molar-refractivity contribution in [3.63, 3.8) is 0 Å². The summed E-state index contributed by atoms with van der Waals surface area (Å²) >= 11 is 1.43. The number of fused-ring (bicyclic) bond motifs is 1. The molecule has 0 bridgehead atoms. The number of carbonyl (C=O) groups is 1. The van der Waals surface area contributed by atoms with Gasteiger partial charge in [0.05, 0.1) is 11.5 Å². The zero-order chi connectivity index (χ0) is 20.1. The number of benzene rings is 2. The van der Waals surface area contributed by atoms with E-state index in [4.69, 9.17) is 18.9 Å². The maximum absolute atomic E-state index is 12.7. The summed E-state index contributed by atoms with van der Waals surface area (Å²) in [5.41, 5.74) is 1.67. The molecule has 1 aromatic heterocycles. The van der Waals surface area contributed by atoms with Crippen molar-refractivity contribution in [2.24, 2.45) is 0 Å². The van der Waals surface area contributed by atoms with Crippen molar-refractivity contribution in [2.75, 3.05) is 38.9 Å². The molecular formula is C22H21NO5S. The lowest BCUT2D eigenvalue weighted by Gasteiger charge is -2.18. The highest BCUT2D eigenvalue weighted by Crippen LogP contribution is 2.37. The molecule has 1 N–H and O–H groups in total. The van der Waals surface area contributed by atoms with Gasteiger partial charge in [-0.3, -0.25) is 4.79 Å². The number of nitrogens with one attached hydrogen (secondary N) is 1. The van der Waals surface area contributed by atoms with Crippen LogP contribution < -0.4 is 19.5 Å². The number of methoxy groups -OCH3 is 1. The number of hydrogen-bond donors (Lipinski definition) is 1. The van der Waals surface area contributed by atoms with Crippen molar-refractivity contribution in [2.45, 2.75) is 0 Å². The third-order valence-electron chi connectivity index (χ3n) is 4.30. The normalized spacial score (nSPS) is 12.4. The maximum atomic E-state index is 12.7. The van der Waals surface area contributed by atoms with Crippen molar-refractivity contribution in [3.8, 4) is 27.7 Å². The van der Waals surface area contributed by atoms with E-state index in [0.29, 0.717) is 42.7 Å². The number of amides is 1. The molecule has 150 valence electrons. The van der Waals surface area contributed by atoms with Gasteiger partial charge in [0, 0.05) is 23.7 Å². The highest BCUT2D eigenvalue weighted by Gasteiger charge is 2.15. The average molecular weight is 411 g/mol. The molecule has 2 heterocycles. The molecule has 4 rings (SSSR count). The highest BCUT2D eigenvalue weighted by molar-refractivity contribution is 7.17. The lowest BCUT2D eigenvalue weighted by Crippen LogP contribution is -2.15. The van der Waals surface area contributed by atoms with Crippen LogP contribution in [0.15, 0.2) is 54.6 Å². The first-order valence-electron chi connectivity index (χ1n) is 9.26. The first-order chi connectivity index (χ1) is 14.2. The first kappa shape index (κ1) is 19.3. The topological polar surface area (TPSA) is 66.0 Å². The van der Waals surface area contributed by atoms with Gasteiger partial charge in [-0.2, -0.15) is 0 Å². The van der Waals surface area contributed by atoms with Crippen LogP contribution in [0.25, 0.3) is 10.4 Å². The number of hydrogen-bond acceptors (Lipinski definition) is 6. The summed E-state index contributed by atoms with van der Waals surface area (Å²) < 4.78 is 21.8. The Labute approximate surface area is 173 Å². The molecule has 1 amide bonds. The number of carbonyl (C=O) groups excluding carboxylic acids is 1. The van der Waals surface area contributed by atoms with Gasteiger partial charge in [-0.25, -0.2) is 0 Å². The van der Waals surface area contributed by atoms with E-state index in [-0.39, 0.29) is 5.91 Å². The monoisotopic (exact) mass is 411 g/mol. The predicted molar refractivity (Wildman–Crippen MR) is 113 cm³/mol. The number of anilines is 1. The molecule has 0 atom stereocenters. The van der Waals surface area contributed by atoms with E-state index < -0.39 is 0 Å². The molecule has 0 aliphatic carbocycles. The number of rotatable bonds is 7. The Morgan fingerprint density at radius 2 is 1.90 bits per heavy atom. The van der Waals surface area contributed by atoms with Crippen LogP contribution in [0.1, 0.15) is 9.67 Å². The Bertz CT molecular complexity index is 1000. The van der Waals surface area contributed by atoms with Gasteiger partial charge in [0.1, 0.15) is 25.6 Å². The van der Waals surface area contributed by atoms with Gasteiger partial charge in [0.2, 0.25) is 0 Å². The van der Waals surface area contributed by atoms with Crippen LogP contribution in [0, 0.1) is 0 Å². The van der Waals surface area contributed by atoms with Crippen LogP contribution in [0.5, 0.6) is 17.2 Å². The molecule has 0 spiro atoms. The summed E-state index contributed by atoms with van der Waals surface area (Å²) in [6, 6.07) is 16.9. The van der Waals surface area contributed by atoms with Crippen LogP contribution in [0.4, 0.5) is 5.69 Å². The van der Waals surface area contributed by atoms with Crippen LogP contribution in [-0.2, 0) is 4.74 Å². The van der Waals surface area contributed by atoms with E-state index in [9.17, 15) is 4.79 Å². The van der Waals surface area contributed by atoms with Crippen LogP contribution in [0.2, 0.25) is 0 Å². The molecule has 0 saturated carbocycles. The van der Waals surface area contributed by atoms with Gasteiger partial charge in [0.15, 0.2) is 11.5 Å². The minimum Gasteiger partial charge on any atom is -0.491 e. The number of thiophene rings is 1. The molecule has 1 aliphatic rings. The highest BCUT2D eigenvalue weighted by atomic mass is 32.1. The second-order valence-corrected chi connectivity index (χ2v) is 7.43. The third-order valence-corrected chi connectivity index (χ3v) is 5.44. The Hall–Kier alpha value is -3.03. The summed E-state index contributed by atoms with van der Waals surface area (Å²) in [5, 5.41) is 2.92. The summed E-state index contributed by atoms with van der Waals surface area (Å²) in [7, 11) is 1.63. The third kappa shape index (κ3) is 4.70. The quantitative estimate of drug-likeness (QED) is 0.582. The molecule has 2 aromatic carbocycles. The SMILES string of the molecule is COCCOc1cccc(NC(=O)c2ccc(-c3ccc4c(c3)OCCO4)s2)c1. The molecule has 0 fully saturated rings. The minimum atomic E-state index is -0.159. The van der Waals surface area contributed by atoms with Crippen LogP contribution >= 0.6 is 11.3 Å². The summed E-state index contributed by atoms with van der Waals surface area (Å²) in [6.07, 6.45) is 0. The van der Waals surface area contributed by atoms with Gasteiger partial charge in [-0.15, -0.1) is 11.3 Å². The fourth-order valence-electron chi connectivity index (χ4n) is 2.91. The van der Waals surface area contributed by atoms with Crippen LogP contribution in [0.3, 0.4) is 0 Å². The Kier molecular flexibility index (Phi) is 5.97.